The summed E-state index contributed by atoms with van der Waals surface area (Å²) >= 11 is 0. The first-order chi connectivity index (χ1) is 6.31. The summed E-state index contributed by atoms with van der Waals surface area (Å²) in [5.41, 5.74) is 1.69. The largest absolute Gasteiger partial charge is 0.192 e. The average Bonchev–Trinajstić information content (AvgIpc) is 2.18. The number of allylic oxidation sites excluding steroid dienone is 1. The van der Waals surface area contributed by atoms with E-state index in [1.165, 1.54) is 0 Å². The summed E-state index contributed by atoms with van der Waals surface area (Å²) in [5.74, 6) is 0. The predicted molar refractivity (Wildman–Crippen MR) is 50.3 cm³/mol. The minimum atomic E-state index is 0.401. The molecule has 0 saturated heterocycles. The van der Waals surface area contributed by atoms with Gasteiger partial charge in [-0.2, -0.15) is 10.5 Å². The standard InChI is InChI=1S/C11H7N2/c1-2-3-9-4-5-10(7-12)11(6-9)8-13/h2-6H,1H2/b3-2+. The molecule has 0 aliphatic heterocycles. The second-order valence-corrected chi connectivity index (χ2v) is 2.43. The second-order valence-electron chi connectivity index (χ2n) is 2.43. The first kappa shape index (κ1) is 9.03. The van der Waals surface area contributed by atoms with Gasteiger partial charge in [-0.15, -0.1) is 0 Å². The lowest BCUT2D eigenvalue weighted by Gasteiger charge is -1.95. The molecule has 2 nitrogen and oxygen atoms in total. The van der Waals surface area contributed by atoms with Crippen molar-refractivity contribution in [2.24, 2.45) is 0 Å². The highest BCUT2D eigenvalue weighted by Crippen LogP contribution is 2.11. The third-order valence-electron chi connectivity index (χ3n) is 1.59. The summed E-state index contributed by atoms with van der Waals surface area (Å²) < 4.78 is 0. The summed E-state index contributed by atoms with van der Waals surface area (Å²) in [5, 5.41) is 17.3. The molecule has 0 heterocycles. The minimum absolute atomic E-state index is 0.401. The molecule has 1 rings (SSSR count). The Morgan fingerprint density at radius 1 is 1.15 bits per heavy atom. The van der Waals surface area contributed by atoms with Crippen LogP contribution in [-0.4, -0.2) is 0 Å². The molecular weight excluding hydrogens is 160 g/mol. The van der Waals surface area contributed by atoms with Gasteiger partial charge in [0.15, 0.2) is 0 Å². The van der Waals surface area contributed by atoms with E-state index < -0.39 is 0 Å². The molecule has 0 aliphatic rings. The van der Waals surface area contributed by atoms with E-state index in [4.69, 9.17) is 10.5 Å². The summed E-state index contributed by atoms with van der Waals surface area (Å²) in [6.07, 6.45) is 3.42. The summed E-state index contributed by atoms with van der Waals surface area (Å²) in [6.45, 7) is 3.55. The Balaban J connectivity index is 3.25. The van der Waals surface area contributed by atoms with E-state index in [1.807, 2.05) is 12.1 Å². The Labute approximate surface area is 77.4 Å². The van der Waals surface area contributed by atoms with E-state index in [2.05, 4.69) is 6.92 Å². The van der Waals surface area contributed by atoms with Gasteiger partial charge in [-0.3, -0.25) is 0 Å². The van der Waals surface area contributed by atoms with Crippen LogP contribution in [-0.2, 0) is 0 Å². The van der Waals surface area contributed by atoms with E-state index in [0.29, 0.717) is 11.1 Å². The van der Waals surface area contributed by atoms with Crippen molar-refractivity contribution in [2.75, 3.05) is 0 Å². The average molecular weight is 167 g/mol. The monoisotopic (exact) mass is 167 g/mol. The van der Waals surface area contributed by atoms with Gasteiger partial charge in [0.2, 0.25) is 0 Å². The molecule has 0 amide bonds. The zero-order valence-corrected chi connectivity index (χ0v) is 6.99. The number of hydrogen-bond donors (Lipinski definition) is 0. The van der Waals surface area contributed by atoms with Crippen molar-refractivity contribution >= 4 is 6.08 Å². The number of hydrogen-bond acceptors (Lipinski definition) is 2. The molecule has 1 aromatic carbocycles. The minimum Gasteiger partial charge on any atom is -0.192 e. The zero-order chi connectivity index (χ0) is 9.68. The predicted octanol–water partition coefficient (Wildman–Crippen LogP) is 2.28. The molecule has 0 atom stereocenters. The Kier molecular flexibility index (Phi) is 2.84. The van der Waals surface area contributed by atoms with Crippen LogP contribution in [0.5, 0.6) is 0 Å². The number of rotatable bonds is 1. The molecule has 0 N–H and O–H groups in total. The van der Waals surface area contributed by atoms with Gasteiger partial charge in [0, 0.05) is 0 Å². The molecule has 0 fully saturated rings. The van der Waals surface area contributed by atoms with Gasteiger partial charge < -0.3 is 0 Å². The number of nitrogens with zero attached hydrogens (tertiary/aromatic N) is 2. The molecule has 1 aromatic rings. The van der Waals surface area contributed by atoms with Crippen molar-refractivity contribution in [1.82, 2.24) is 0 Å². The zero-order valence-electron chi connectivity index (χ0n) is 6.99. The third-order valence-corrected chi connectivity index (χ3v) is 1.59. The van der Waals surface area contributed by atoms with Crippen LogP contribution in [0.25, 0.3) is 6.08 Å². The fourth-order valence-electron chi connectivity index (χ4n) is 0.992. The van der Waals surface area contributed by atoms with Crippen LogP contribution in [0.3, 0.4) is 0 Å². The molecule has 1 radical (unpaired) electrons. The van der Waals surface area contributed by atoms with Crippen LogP contribution < -0.4 is 0 Å². The maximum absolute atomic E-state index is 8.70. The van der Waals surface area contributed by atoms with Crippen molar-refractivity contribution in [2.45, 2.75) is 0 Å². The first-order valence-electron chi connectivity index (χ1n) is 3.72. The molecule has 0 saturated carbocycles. The van der Waals surface area contributed by atoms with Crippen LogP contribution >= 0.6 is 0 Å². The highest BCUT2D eigenvalue weighted by molar-refractivity contribution is 5.57. The molecule has 0 spiro atoms. The van der Waals surface area contributed by atoms with Gasteiger partial charge in [-0.1, -0.05) is 18.2 Å². The van der Waals surface area contributed by atoms with Crippen molar-refractivity contribution in [3.8, 4) is 12.1 Å². The Bertz CT molecular complexity index is 417. The number of nitriles is 2. The third kappa shape index (κ3) is 1.95. The molecule has 13 heavy (non-hydrogen) atoms. The van der Waals surface area contributed by atoms with Crippen LogP contribution in [0.4, 0.5) is 0 Å². The molecule has 0 aliphatic carbocycles. The van der Waals surface area contributed by atoms with Gasteiger partial charge in [0.05, 0.1) is 11.1 Å². The quantitative estimate of drug-likeness (QED) is 0.644. The van der Waals surface area contributed by atoms with Crippen molar-refractivity contribution in [3.05, 3.63) is 47.9 Å². The number of benzene rings is 1. The molecule has 0 aromatic heterocycles. The van der Waals surface area contributed by atoms with Gasteiger partial charge in [0.1, 0.15) is 12.1 Å². The van der Waals surface area contributed by atoms with Crippen molar-refractivity contribution in [1.29, 1.82) is 10.5 Å². The highest BCUT2D eigenvalue weighted by Gasteiger charge is 1.99. The van der Waals surface area contributed by atoms with E-state index in [1.54, 1.807) is 30.4 Å². The van der Waals surface area contributed by atoms with E-state index >= 15 is 0 Å². The van der Waals surface area contributed by atoms with Crippen molar-refractivity contribution in [3.63, 3.8) is 0 Å². The lowest BCUT2D eigenvalue weighted by molar-refractivity contribution is 1.42. The smallest absolute Gasteiger partial charge is 0.101 e. The highest BCUT2D eigenvalue weighted by atomic mass is 14.3. The summed E-state index contributed by atoms with van der Waals surface area (Å²) in [7, 11) is 0. The van der Waals surface area contributed by atoms with Crippen LogP contribution in [0.1, 0.15) is 16.7 Å². The lowest BCUT2D eigenvalue weighted by Crippen LogP contribution is -1.84. The van der Waals surface area contributed by atoms with Gasteiger partial charge in [-0.05, 0) is 24.6 Å². The van der Waals surface area contributed by atoms with Gasteiger partial charge >= 0.3 is 0 Å². The fraction of sp³-hybridized carbons (Fsp3) is 0. The molecule has 61 valence electrons. The Hall–Kier alpha value is -2.06. The van der Waals surface area contributed by atoms with Gasteiger partial charge in [0.25, 0.3) is 0 Å². The molecule has 0 unspecified atom stereocenters. The molecule has 0 bridgehead atoms. The van der Waals surface area contributed by atoms with Crippen LogP contribution in [0, 0.1) is 29.6 Å². The first-order valence-corrected chi connectivity index (χ1v) is 3.72. The molecule has 2 heteroatoms. The van der Waals surface area contributed by atoms with Crippen molar-refractivity contribution < 1.29 is 0 Å². The normalized spacial score (nSPS) is 9.46. The summed E-state index contributed by atoms with van der Waals surface area (Å²) in [4.78, 5) is 0. The Morgan fingerprint density at radius 2 is 1.85 bits per heavy atom. The van der Waals surface area contributed by atoms with Crippen LogP contribution in [0.2, 0.25) is 0 Å². The van der Waals surface area contributed by atoms with E-state index in [0.717, 1.165) is 5.56 Å². The van der Waals surface area contributed by atoms with Gasteiger partial charge in [-0.25, -0.2) is 0 Å². The maximum atomic E-state index is 8.70. The topological polar surface area (TPSA) is 47.6 Å². The second kappa shape index (κ2) is 4.09. The summed E-state index contributed by atoms with van der Waals surface area (Å²) in [6, 6.07) is 9.00. The lowest BCUT2D eigenvalue weighted by atomic mass is 10.1. The van der Waals surface area contributed by atoms with Crippen LogP contribution in [0.15, 0.2) is 24.3 Å². The SMILES string of the molecule is [CH2]/C=C/c1ccc(C#N)c(C#N)c1. The Morgan fingerprint density at radius 3 is 2.38 bits per heavy atom. The fourth-order valence-corrected chi connectivity index (χ4v) is 0.992. The maximum Gasteiger partial charge on any atom is 0.101 e. The van der Waals surface area contributed by atoms with E-state index in [9.17, 15) is 0 Å². The van der Waals surface area contributed by atoms with E-state index in [-0.39, 0.29) is 0 Å². The molecular formula is C11H7N2.